The fourth-order valence-electron chi connectivity index (χ4n) is 3.87. The van der Waals surface area contributed by atoms with E-state index in [4.69, 9.17) is 9.47 Å². The van der Waals surface area contributed by atoms with Crippen LogP contribution in [-0.4, -0.2) is 58.6 Å². The van der Waals surface area contributed by atoms with E-state index in [0.29, 0.717) is 28.9 Å². The summed E-state index contributed by atoms with van der Waals surface area (Å²) in [5.74, 6) is 1.56. The van der Waals surface area contributed by atoms with Gasteiger partial charge in [0.15, 0.2) is 11.0 Å². The van der Waals surface area contributed by atoms with Crippen molar-refractivity contribution in [2.75, 3.05) is 38.4 Å². The lowest BCUT2D eigenvalue weighted by molar-refractivity contribution is -0.113. The molecule has 0 bridgehead atoms. The van der Waals surface area contributed by atoms with E-state index in [0.717, 1.165) is 24.6 Å². The van der Waals surface area contributed by atoms with E-state index in [1.165, 1.54) is 43.2 Å². The molecule has 180 valence electrons. The van der Waals surface area contributed by atoms with Gasteiger partial charge in [0.1, 0.15) is 17.3 Å². The molecular weight excluding hydrogens is 457 g/mol. The fraction of sp³-hybridized carbons (Fsp3) is 0.375. The van der Waals surface area contributed by atoms with E-state index in [1.54, 1.807) is 44.6 Å². The fourth-order valence-corrected chi connectivity index (χ4v) is 4.64. The lowest BCUT2D eigenvalue weighted by Gasteiger charge is -2.26. The molecule has 0 radical (unpaired) electrons. The maximum atomic E-state index is 13.5. The number of methoxy groups -OCH3 is 2. The first-order valence-corrected chi connectivity index (χ1v) is 12.1. The molecule has 1 N–H and O–H groups in total. The molecule has 0 spiro atoms. The Bertz CT molecular complexity index is 1090. The predicted octanol–water partition coefficient (Wildman–Crippen LogP) is 4.14. The molecule has 3 aromatic rings. The minimum Gasteiger partial charge on any atom is -0.497 e. The number of halogens is 1. The number of aromatic nitrogens is 3. The number of anilines is 1. The summed E-state index contributed by atoms with van der Waals surface area (Å²) in [7, 11) is 3.11. The van der Waals surface area contributed by atoms with Crippen LogP contribution in [0.15, 0.2) is 47.6 Å². The molecule has 1 saturated heterocycles. The number of benzene rings is 2. The van der Waals surface area contributed by atoms with Gasteiger partial charge in [0.05, 0.1) is 26.5 Å². The lowest BCUT2D eigenvalue weighted by atomic mass is 10.1. The summed E-state index contributed by atoms with van der Waals surface area (Å²) in [6.45, 7) is 2.69. The summed E-state index contributed by atoms with van der Waals surface area (Å²) in [5.41, 5.74) is 1.34. The molecule has 1 aliphatic rings. The number of amides is 1. The van der Waals surface area contributed by atoms with E-state index in [-0.39, 0.29) is 17.5 Å². The van der Waals surface area contributed by atoms with Crippen molar-refractivity contribution in [3.63, 3.8) is 0 Å². The monoisotopic (exact) mass is 485 g/mol. The predicted molar refractivity (Wildman–Crippen MR) is 129 cm³/mol. The van der Waals surface area contributed by atoms with Crippen LogP contribution in [-0.2, 0) is 11.3 Å². The number of thioether (sulfide) groups is 1. The maximum absolute atomic E-state index is 13.5. The highest BCUT2D eigenvalue weighted by atomic mass is 32.2. The van der Waals surface area contributed by atoms with Crippen LogP contribution >= 0.6 is 11.8 Å². The van der Waals surface area contributed by atoms with Crippen LogP contribution in [0.5, 0.6) is 11.5 Å². The number of hydrogen-bond acceptors (Lipinski definition) is 7. The molecule has 34 heavy (non-hydrogen) atoms. The summed E-state index contributed by atoms with van der Waals surface area (Å²) < 4.78 is 26.0. The summed E-state index contributed by atoms with van der Waals surface area (Å²) >= 11 is 1.28. The van der Waals surface area contributed by atoms with Crippen molar-refractivity contribution in [3.8, 4) is 17.2 Å². The number of likely N-dealkylation sites (tertiary alicyclic amines) is 1. The second-order valence-corrected chi connectivity index (χ2v) is 8.93. The molecule has 1 fully saturated rings. The third-order valence-electron chi connectivity index (χ3n) is 5.57. The average molecular weight is 486 g/mol. The van der Waals surface area contributed by atoms with Gasteiger partial charge in [0.25, 0.3) is 0 Å². The number of carbonyl (C=O) groups is 1. The van der Waals surface area contributed by atoms with Crippen molar-refractivity contribution >= 4 is 23.4 Å². The van der Waals surface area contributed by atoms with E-state index in [2.05, 4.69) is 20.4 Å². The van der Waals surface area contributed by atoms with E-state index >= 15 is 0 Å². The third-order valence-corrected chi connectivity index (χ3v) is 6.50. The number of carbonyl (C=O) groups excluding carboxylic acids is 1. The van der Waals surface area contributed by atoms with Crippen molar-refractivity contribution in [1.29, 1.82) is 0 Å². The average Bonchev–Trinajstić information content (AvgIpc) is 3.25. The molecule has 0 unspecified atom stereocenters. The number of hydrogen-bond donors (Lipinski definition) is 1. The van der Waals surface area contributed by atoms with Crippen LogP contribution in [0.1, 0.15) is 25.1 Å². The van der Waals surface area contributed by atoms with Gasteiger partial charge in [0.2, 0.25) is 5.91 Å². The zero-order valence-electron chi connectivity index (χ0n) is 19.3. The SMILES string of the molecule is COc1cc(NC(=O)CSc2nnc(CN3CCCCC3)n2-c2ccc(F)cc2)cc(OC)c1. The first kappa shape index (κ1) is 24.0. The standard InChI is InChI=1S/C24H28FN5O3S/c1-32-20-12-18(13-21(14-20)33-2)26-23(31)16-34-24-28-27-22(15-29-10-4-3-5-11-29)30(24)19-8-6-17(25)7-9-19/h6-9,12-14H,3-5,10-11,15-16H2,1-2H3,(H,26,31). The Hall–Kier alpha value is -3.11. The second-order valence-electron chi connectivity index (χ2n) is 7.99. The number of piperidine rings is 1. The largest absolute Gasteiger partial charge is 0.497 e. The third kappa shape index (κ3) is 6.06. The minimum absolute atomic E-state index is 0.128. The molecule has 2 heterocycles. The van der Waals surface area contributed by atoms with Crippen molar-refractivity contribution in [2.45, 2.75) is 31.0 Å². The number of nitrogens with zero attached hydrogens (tertiary/aromatic N) is 4. The quantitative estimate of drug-likeness (QED) is 0.456. The molecule has 10 heteroatoms. The van der Waals surface area contributed by atoms with Crippen LogP contribution in [0.25, 0.3) is 5.69 Å². The van der Waals surface area contributed by atoms with E-state index in [1.807, 2.05) is 4.57 Å². The van der Waals surface area contributed by atoms with Crippen LogP contribution in [0, 0.1) is 5.82 Å². The lowest BCUT2D eigenvalue weighted by Crippen LogP contribution is -2.30. The highest BCUT2D eigenvalue weighted by Crippen LogP contribution is 2.27. The molecule has 1 aliphatic heterocycles. The van der Waals surface area contributed by atoms with E-state index < -0.39 is 0 Å². The molecule has 1 aromatic heterocycles. The van der Waals surface area contributed by atoms with Gasteiger partial charge in [-0.15, -0.1) is 10.2 Å². The van der Waals surface area contributed by atoms with Crippen LogP contribution in [0.3, 0.4) is 0 Å². The van der Waals surface area contributed by atoms with Gasteiger partial charge >= 0.3 is 0 Å². The molecule has 1 amide bonds. The minimum atomic E-state index is -0.309. The summed E-state index contributed by atoms with van der Waals surface area (Å²) in [5, 5.41) is 12.2. The van der Waals surface area contributed by atoms with E-state index in [9.17, 15) is 9.18 Å². The first-order valence-electron chi connectivity index (χ1n) is 11.1. The molecule has 2 aromatic carbocycles. The van der Waals surface area contributed by atoms with Gasteiger partial charge in [-0.3, -0.25) is 14.3 Å². The second kappa shape index (κ2) is 11.3. The Balaban J connectivity index is 1.49. The Morgan fingerprint density at radius 1 is 1.03 bits per heavy atom. The van der Waals surface area contributed by atoms with Gasteiger partial charge < -0.3 is 14.8 Å². The zero-order valence-corrected chi connectivity index (χ0v) is 20.1. The zero-order chi connectivity index (χ0) is 23.9. The Morgan fingerprint density at radius 3 is 2.35 bits per heavy atom. The molecule has 0 saturated carbocycles. The normalized spacial score (nSPS) is 14.1. The number of nitrogens with one attached hydrogen (secondary N) is 1. The van der Waals surface area contributed by atoms with Crippen molar-refractivity contribution in [1.82, 2.24) is 19.7 Å². The Labute approximate surface area is 202 Å². The molecule has 8 nitrogen and oxygen atoms in total. The summed E-state index contributed by atoms with van der Waals surface area (Å²) in [6, 6.07) is 11.4. The van der Waals surface area contributed by atoms with Gasteiger partial charge in [-0.05, 0) is 50.2 Å². The summed E-state index contributed by atoms with van der Waals surface area (Å²) in [4.78, 5) is 15.0. The highest BCUT2D eigenvalue weighted by molar-refractivity contribution is 7.99. The Kier molecular flexibility index (Phi) is 8.02. The van der Waals surface area contributed by atoms with Crippen LogP contribution < -0.4 is 14.8 Å². The van der Waals surface area contributed by atoms with Crippen molar-refractivity contribution < 1.29 is 18.7 Å². The smallest absolute Gasteiger partial charge is 0.234 e. The molecule has 4 rings (SSSR count). The first-order chi connectivity index (χ1) is 16.6. The van der Waals surface area contributed by atoms with Gasteiger partial charge in [-0.1, -0.05) is 18.2 Å². The van der Waals surface area contributed by atoms with Crippen molar-refractivity contribution in [3.05, 3.63) is 54.1 Å². The van der Waals surface area contributed by atoms with Gasteiger partial charge in [-0.2, -0.15) is 0 Å². The Morgan fingerprint density at radius 2 is 1.71 bits per heavy atom. The van der Waals surface area contributed by atoms with Crippen LogP contribution in [0.4, 0.5) is 10.1 Å². The topological polar surface area (TPSA) is 81.5 Å². The molecule has 0 aliphatic carbocycles. The highest BCUT2D eigenvalue weighted by Gasteiger charge is 2.20. The molecular formula is C24H28FN5O3S. The van der Waals surface area contributed by atoms with Gasteiger partial charge in [0, 0.05) is 29.6 Å². The summed E-state index contributed by atoms with van der Waals surface area (Å²) in [6.07, 6.45) is 3.58. The number of rotatable bonds is 9. The van der Waals surface area contributed by atoms with Gasteiger partial charge in [-0.25, -0.2) is 4.39 Å². The number of ether oxygens (including phenoxy) is 2. The van der Waals surface area contributed by atoms with Crippen molar-refractivity contribution in [2.24, 2.45) is 0 Å². The maximum Gasteiger partial charge on any atom is 0.234 e. The molecule has 0 atom stereocenters. The van der Waals surface area contributed by atoms with Crippen LogP contribution in [0.2, 0.25) is 0 Å².